The Kier molecular flexibility index (Phi) is 6.69. The van der Waals surface area contributed by atoms with Gasteiger partial charge >= 0.3 is 0 Å². The lowest BCUT2D eigenvalue weighted by Crippen LogP contribution is -2.54. The van der Waals surface area contributed by atoms with E-state index in [9.17, 15) is 0 Å². The Bertz CT molecular complexity index is 1010. The fourth-order valence-electron chi connectivity index (χ4n) is 3.49. The Morgan fingerprint density at radius 2 is 1.91 bits per heavy atom. The fraction of sp³-hybridized carbons (Fsp3) is 0.381. The quantitative estimate of drug-likeness (QED) is 0.437. The molecule has 1 aromatic carbocycles. The Hall–Kier alpha value is -3.41. The summed E-state index contributed by atoms with van der Waals surface area (Å²) in [7, 11) is 1.64. The first-order valence-electron chi connectivity index (χ1n) is 10.3. The average Bonchev–Trinajstić information content (AvgIpc) is 3.44. The third-order valence-electron chi connectivity index (χ3n) is 5.03. The molecule has 0 aliphatic carbocycles. The summed E-state index contributed by atoms with van der Waals surface area (Å²) in [6.45, 7) is 2.02. The number of nitrogens with two attached hydrogens (primary N) is 2. The summed E-state index contributed by atoms with van der Waals surface area (Å²) in [5.74, 6) is 1.99. The number of nitrogens with one attached hydrogen (secondary N) is 1. The molecule has 2 aliphatic heterocycles. The molecule has 2 aromatic rings. The van der Waals surface area contributed by atoms with Gasteiger partial charge in [-0.3, -0.25) is 0 Å². The smallest absolute Gasteiger partial charge is 0.248 e. The number of ether oxygens (including phenoxy) is 3. The van der Waals surface area contributed by atoms with Crippen molar-refractivity contribution in [1.82, 2.24) is 10.4 Å². The molecule has 1 unspecified atom stereocenters. The van der Waals surface area contributed by atoms with Crippen molar-refractivity contribution in [3.63, 3.8) is 0 Å². The molecule has 0 saturated carbocycles. The van der Waals surface area contributed by atoms with E-state index >= 15 is 0 Å². The number of benzene rings is 1. The molecule has 1 atom stereocenters. The SMILES string of the molecule is COCCOCCOc1ccccc1CCC1(c2ccco2)N=C2N=C(N)N=C(N)N2N1. The van der Waals surface area contributed by atoms with Crippen LogP contribution in [0.1, 0.15) is 17.7 Å². The van der Waals surface area contributed by atoms with E-state index in [0.29, 0.717) is 51.0 Å². The summed E-state index contributed by atoms with van der Waals surface area (Å²) in [6, 6.07) is 11.6. The van der Waals surface area contributed by atoms with E-state index in [1.807, 2.05) is 36.4 Å². The van der Waals surface area contributed by atoms with Crippen molar-refractivity contribution < 1.29 is 18.6 Å². The Morgan fingerprint density at radius 1 is 1.06 bits per heavy atom. The molecule has 4 rings (SSSR count). The monoisotopic (exact) mass is 441 g/mol. The van der Waals surface area contributed by atoms with E-state index in [0.717, 1.165) is 11.3 Å². The van der Waals surface area contributed by atoms with E-state index in [1.165, 1.54) is 5.01 Å². The molecule has 0 spiro atoms. The number of aryl methyl sites for hydroxylation is 1. The van der Waals surface area contributed by atoms with Gasteiger partial charge in [-0.2, -0.15) is 15.4 Å². The summed E-state index contributed by atoms with van der Waals surface area (Å²) in [5, 5.41) is 1.51. The number of furan rings is 1. The second-order valence-electron chi connectivity index (χ2n) is 7.20. The molecule has 32 heavy (non-hydrogen) atoms. The number of nitrogens with zero attached hydrogens (tertiary/aromatic N) is 4. The summed E-state index contributed by atoms with van der Waals surface area (Å²) >= 11 is 0. The van der Waals surface area contributed by atoms with Crippen molar-refractivity contribution in [3.05, 3.63) is 54.0 Å². The Labute approximate surface area is 185 Å². The van der Waals surface area contributed by atoms with Crippen molar-refractivity contribution in [2.75, 3.05) is 33.5 Å². The minimum atomic E-state index is -0.913. The second-order valence-corrected chi connectivity index (χ2v) is 7.20. The van der Waals surface area contributed by atoms with E-state index in [-0.39, 0.29) is 11.9 Å². The van der Waals surface area contributed by atoms with Gasteiger partial charge in [-0.25, -0.2) is 10.0 Å². The van der Waals surface area contributed by atoms with Gasteiger partial charge in [0.1, 0.15) is 18.1 Å². The molecule has 2 aliphatic rings. The van der Waals surface area contributed by atoms with Gasteiger partial charge in [0.15, 0.2) is 5.66 Å². The van der Waals surface area contributed by atoms with Crippen LogP contribution in [-0.2, 0) is 21.6 Å². The van der Waals surface area contributed by atoms with Crippen molar-refractivity contribution in [1.29, 1.82) is 0 Å². The maximum atomic E-state index is 6.02. The number of hydrogen-bond donors (Lipinski definition) is 3. The largest absolute Gasteiger partial charge is 0.491 e. The second kappa shape index (κ2) is 9.81. The van der Waals surface area contributed by atoms with Gasteiger partial charge in [0.25, 0.3) is 0 Å². The first kappa shape index (κ1) is 21.8. The summed E-state index contributed by atoms with van der Waals surface area (Å²) < 4.78 is 22.1. The standard InChI is InChI=1S/C21H27N7O4/c1-29-11-12-30-13-14-31-16-6-3-2-5-15(16)8-9-21(17-7-4-10-32-17)26-20-25-18(22)24-19(23)28(20)27-21/h2-7,10,27H,8-9,11-14H2,1H3,(H4,22,23,24,25,26). The van der Waals surface area contributed by atoms with Gasteiger partial charge in [-0.1, -0.05) is 18.2 Å². The van der Waals surface area contributed by atoms with Gasteiger partial charge in [-0.15, -0.1) is 0 Å². The van der Waals surface area contributed by atoms with Gasteiger partial charge in [-0.05, 0) is 36.6 Å². The minimum absolute atomic E-state index is 0.0565. The molecule has 0 bridgehead atoms. The molecule has 170 valence electrons. The van der Waals surface area contributed by atoms with Crippen LogP contribution >= 0.6 is 0 Å². The van der Waals surface area contributed by atoms with Gasteiger partial charge in [0.05, 0.1) is 26.1 Å². The minimum Gasteiger partial charge on any atom is -0.491 e. The molecular weight excluding hydrogens is 414 g/mol. The van der Waals surface area contributed by atoms with Gasteiger partial charge in [0, 0.05) is 7.11 Å². The molecule has 11 heteroatoms. The van der Waals surface area contributed by atoms with Crippen LogP contribution in [0, 0.1) is 0 Å². The van der Waals surface area contributed by atoms with Crippen LogP contribution in [0.15, 0.2) is 62.1 Å². The number of hydrazine groups is 1. The normalized spacial score (nSPS) is 19.9. The highest BCUT2D eigenvalue weighted by molar-refractivity contribution is 6.11. The van der Waals surface area contributed by atoms with E-state index in [4.69, 9.17) is 35.1 Å². The number of hydrogen-bond acceptors (Lipinski definition) is 11. The molecule has 5 N–H and O–H groups in total. The molecule has 0 fully saturated rings. The van der Waals surface area contributed by atoms with Crippen LogP contribution in [0.2, 0.25) is 0 Å². The number of para-hydroxylation sites is 1. The molecule has 0 amide bonds. The maximum absolute atomic E-state index is 6.02. The van der Waals surface area contributed by atoms with Crippen molar-refractivity contribution in [2.24, 2.45) is 26.4 Å². The first-order chi connectivity index (χ1) is 15.6. The molecule has 1 aromatic heterocycles. The highest BCUT2D eigenvalue weighted by Crippen LogP contribution is 2.35. The molecule has 0 radical (unpaired) electrons. The topological polar surface area (TPSA) is 145 Å². The van der Waals surface area contributed by atoms with E-state index in [2.05, 4.69) is 15.4 Å². The Morgan fingerprint density at radius 3 is 2.72 bits per heavy atom. The third-order valence-corrected chi connectivity index (χ3v) is 5.03. The maximum Gasteiger partial charge on any atom is 0.248 e. The van der Waals surface area contributed by atoms with Crippen LogP contribution < -0.4 is 21.6 Å². The Balaban J connectivity index is 1.48. The third kappa shape index (κ3) is 4.74. The van der Waals surface area contributed by atoms with Crippen LogP contribution in [-0.4, -0.2) is 56.4 Å². The van der Waals surface area contributed by atoms with E-state index in [1.54, 1.807) is 13.4 Å². The zero-order valence-electron chi connectivity index (χ0n) is 17.9. The highest BCUT2D eigenvalue weighted by atomic mass is 16.5. The summed E-state index contributed by atoms with van der Waals surface area (Å²) in [5.41, 5.74) is 15.2. The van der Waals surface area contributed by atoms with Crippen LogP contribution in [0.3, 0.4) is 0 Å². The summed E-state index contributed by atoms with van der Waals surface area (Å²) in [4.78, 5) is 13.0. The van der Waals surface area contributed by atoms with Crippen molar-refractivity contribution in [2.45, 2.75) is 18.5 Å². The molecule has 0 saturated heterocycles. The van der Waals surface area contributed by atoms with Crippen molar-refractivity contribution in [3.8, 4) is 5.75 Å². The van der Waals surface area contributed by atoms with E-state index < -0.39 is 5.66 Å². The fourth-order valence-corrected chi connectivity index (χ4v) is 3.49. The zero-order valence-corrected chi connectivity index (χ0v) is 17.9. The average molecular weight is 441 g/mol. The number of aliphatic imine (C=N–C) groups is 3. The predicted molar refractivity (Wildman–Crippen MR) is 119 cm³/mol. The number of fused-ring (bicyclic) bond motifs is 1. The van der Waals surface area contributed by atoms with Crippen molar-refractivity contribution >= 4 is 17.9 Å². The number of methoxy groups -OCH3 is 1. The molecule has 3 heterocycles. The lowest BCUT2D eigenvalue weighted by atomic mass is 9.98. The number of rotatable bonds is 11. The highest BCUT2D eigenvalue weighted by Gasteiger charge is 2.45. The lowest BCUT2D eigenvalue weighted by molar-refractivity contribution is 0.0542. The molecule has 11 nitrogen and oxygen atoms in total. The van der Waals surface area contributed by atoms with Crippen LogP contribution in [0.4, 0.5) is 0 Å². The lowest BCUT2D eigenvalue weighted by Gasteiger charge is -2.28. The first-order valence-corrected chi connectivity index (χ1v) is 10.3. The predicted octanol–water partition coefficient (Wildman–Crippen LogP) is 0.926. The number of guanidine groups is 3. The van der Waals surface area contributed by atoms with Crippen LogP contribution in [0.5, 0.6) is 5.75 Å². The summed E-state index contributed by atoms with van der Waals surface area (Å²) in [6.07, 6.45) is 2.80. The van der Waals surface area contributed by atoms with Gasteiger partial charge < -0.3 is 30.1 Å². The zero-order chi connectivity index (χ0) is 22.4. The molecular formula is C21H27N7O4. The van der Waals surface area contributed by atoms with Crippen LogP contribution in [0.25, 0.3) is 0 Å². The van der Waals surface area contributed by atoms with Gasteiger partial charge in [0.2, 0.25) is 17.9 Å².